The molecule has 1 aromatic carbocycles. The Labute approximate surface area is 82.1 Å². The molecular weight excluding hydrogens is 184 g/mol. The van der Waals surface area contributed by atoms with Crippen LogP contribution in [0.25, 0.3) is 0 Å². The Kier molecular flexibility index (Phi) is 2.91. The fourth-order valence-corrected chi connectivity index (χ4v) is 1.15. The minimum Gasteiger partial charge on any atom is -0.494 e. The number of hydrogen-bond acceptors (Lipinski definition) is 4. The van der Waals surface area contributed by atoms with Crippen molar-refractivity contribution < 1.29 is 9.66 Å². The first-order valence-electron chi connectivity index (χ1n) is 4.06. The first-order chi connectivity index (χ1) is 6.56. The number of rotatable bonds is 3. The van der Waals surface area contributed by atoms with E-state index in [9.17, 15) is 10.1 Å². The zero-order chi connectivity index (χ0) is 10.7. The number of anilines is 1. The van der Waals surface area contributed by atoms with Gasteiger partial charge in [0, 0.05) is 20.2 Å². The van der Waals surface area contributed by atoms with Crippen LogP contribution < -0.4 is 9.64 Å². The van der Waals surface area contributed by atoms with Crippen LogP contribution in [0.1, 0.15) is 0 Å². The standard InChI is InChI=1S/C9H12N2O3/c1-10(2)8-5-4-7(11(12)13)6-9(8)14-3/h4-6H,1-3H3. The van der Waals surface area contributed by atoms with Gasteiger partial charge in [-0.1, -0.05) is 0 Å². The van der Waals surface area contributed by atoms with Crippen LogP contribution in [0, 0.1) is 10.1 Å². The van der Waals surface area contributed by atoms with Crippen molar-refractivity contribution in [2.24, 2.45) is 0 Å². The molecule has 0 aliphatic carbocycles. The Morgan fingerprint density at radius 2 is 2.07 bits per heavy atom. The summed E-state index contributed by atoms with van der Waals surface area (Å²) in [6.07, 6.45) is 0. The lowest BCUT2D eigenvalue weighted by Gasteiger charge is -2.15. The van der Waals surface area contributed by atoms with Gasteiger partial charge in [-0.3, -0.25) is 10.1 Å². The predicted octanol–water partition coefficient (Wildman–Crippen LogP) is 1.67. The van der Waals surface area contributed by atoms with Crippen LogP contribution in [0.3, 0.4) is 0 Å². The van der Waals surface area contributed by atoms with Gasteiger partial charge in [0.2, 0.25) is 0 Å². The number of methoxy groups -OCH3 is 1. The quantitative estimate of drug-likeness (QED) is 0.545. The van der Waals surface area contributed by atoms with Gasteiger partial charge in [0.25, 0.3) is 5.69 Å². The van der Waals surface area contributed by atoms with Gasteiger partial charge in [0.05, 0.1) is 23.8 Å². The molecule has 0 heterocycles. The van der Waals surface area contributed by atoms with Gasteiger partial charge in [-0.2, -0.15) is 0 Å². The molecule has 0 atom stereocenters. The molecule has 14 heavy (non-hydrogen) atoms. The zero-order valence-electron chi connectivity index (χ0n) is 8.35. The highest BCUT2D eigenvalue weighted by molar-refractivity contribution is 5.61. The SMILES string of the molecule is COc1cc([N+](=O)[O-])ccc1N(C)C. The second-order valence-electron chi connectivity index (χ2n) is 3.01. The summed E-state index contributed by atoms with van der Waals surface area (Å²) >= 11 is 0. The molecule has 76 valence electrons. The Morgan fingerprint density at radius 3 is 2.50 bits per heavy atom. The average molecular weight is 196 g/mol. The molecule has 0 aliphatic heterocycles. The highest BCUT2D eigenvalue weighted by Gasteiger charge is 2.11. The van der Waals surface area contributed by atoms with Gasteiger partial charge in [-0.15, -0.1) is 0 Å². The summed E-state index contributed by atoms with van der Waals surface area (Å²) in [6.45, 7) is 0. The van der Waals surface area contributed by atoms with Gasteiger partial charge in [0.1, 0.15) is 5.75 Å². The Hall–Kier alpha value is -1.78. The second-order valence-corrected chi connectivity index (χ2v) is 3.01. The summed E-state index contributed by atoms with van der Waals surface area (Å²) in [5, 5.41) is 10.5. The van der Waals surface area contributed by atoms with Gasteiger partial charge in [-0.05, 0) is 6.07 Å². The molecule has 5 heteroatoms. The van der Waals surface area contributed by atoms with E-state index in [0.717, 1.165) is 5.69 Å². The highest BCUT2D eigenvalue weighted by atomic mass is 16.6. The number of nitro groups is 1. The molecule has 0 aromatic heterocycles. The van der Waals surface area contributed by atoms with Crippen LogP contribution in [0.5, 0.6) is 5.75 Å². The average Bonchev–Trinajstić information content (AvgIpc) is 2.16. The lowest BCUT2D eigenvalue weighted by atomic mass is 10.2. The Balaban J connectivity index is 3.18. The Bertz CT molecular complexity index is 350. The van der Waals surface area contributed by atoms with Gasteiger partial charge in [0.15, 0.2) is 0 Å². The molecule has 0 unspecified atom stereocenters. The van der Waals surface area contributed by atoms with Gasteiger partial charge >= 0.3 is 0 Å². The van der Waals surface area contributed by atoms with E-state index in [0.29, 0.717) is 5.75 Å². The van der Waals surface area contributed by atoms with Crippen molar-refractivity contribution >= 4 is 11.4 Å². The summed E-state index contributed by atoms with van der Waals surface area (Å²) in [5.74, 6) is 0.504. The number of nitrogens with zero attached hydrogens (tertiary/aromatic N) is 2. The van der Waals surface area contributed by atoms with Crippen molar-refractivity contribution in [3.63, 3.8) is 0 Å². The van der Waals surface area contributed by atoms with Crippen LogP contribution in [-0.4, -0.2) is 26.1 Å². The van der Waals surface area contributed by atoms with Crippen LogP contribution in [-0.2, 0) is 0 Å². The third kappa shape index (κ3) is 1.93. The number of hydrogen-bond donors (Lipinski definition) is 0. The van der Waals surface area contributed by atoms with Crippen molar-refractivity contribution in [2.45, 2.75) is 0 Å². The number of non-ortho nitro benzene ring substituents is 1. The Morgan fingerprint density at radius 1 is 1.43 bits per heavy atom. The smallest absolute Gasteiger partial charge is 0.273 e. The van der Waals surface area contributed by atoms with E-state index in [-0.39, 0.29) is 5.69 Å². The van der Waals surface area contributed by atoms with E-state index in [1.807, 2.05) is 19.0 Å². The van der Waals surface area contributed by atoms with Crippen molar-refractivity contribution in [1.29, 1.82) is 0 Å². The summed E-state index contributed by atoms with van der Waals surface area (Å²) in [4.78, 5) is 11.9. The molecule has 0 radical (unpaired) electrons. The first kappa shape index (κ1) is 10.3. The molecule has 0 bridgehead atoms. The van der Waals surface area contributed by atoms with E-state index in [1.165, 1.54) is 19.2 Å². The molecule has 0 saturated heterocycles. The lowest BCUT2D eigenvalue weighted by molar-refractivity contribution is -0.384. The largest absolute Gasteiger partial charge is 0.494 e. The third-order valence-corrected chi connectivity index (χ3v) is 1.86. The maximum absolute atomic E-state index is 10.5. The van der Waals surface area contributed by atoms with E-state index >= 15 is 0 Å². The second kappa shape index (κ2) is 3.95. The van der Waals surface area contributed by atoms with Crippen molar-refractivity contribution in [3.05, 3.63) is 28.3 Å². The van der Waals surface area contributed by atoms with Gasteiger partial charge in [-0.25, -0.2) is 0 Å². The molecule has 0 N–H and O–H groups in total. The minimum atomic E-state index is -0.443. The summed E-state index contributed by atoms with van der Waals surface area (Å²) in [5.41, 5.74) is 0.852. The maximum atomic E-state index is 10.5. The van der Waals surface area contributed by atoms with Crippen molar-refractivity contribution in [1.82, 2.24) is 0 Å². The summed E-state index contributed by atoms with van der Waals surface area (Å²) in [7, 11) is 5.19. The van der Waals surface area contributed by atoms with Crippen LogP contribution in [0.4, 0.5) is 11.4 Å². The van der Waals surface area contributed by atoms with Crippen molar-refractivity contribution in [2.75, 3.05) is 26.1 Å². The molecule has 0 aliphatic rings. The zero-order valence-corrected chi connectivity index (χ0v) is 8.35. The summed E-state index contributed by atoms with van der Waals surface area (Å²) < 4.78 is 5.05. The predicted molar refractivity (Wildman–Crippen MR) is 54.0 cm³/mol. The molecular formula is C9H12N2O3. The number of benzene rings is 1. The monoisotopic (exact) mass is 196 g/mol. The molecule has 0 spiro atoms. The molecule has 0 amide bonds. The van der Waals surface area contributed by atoms with E-state index in [2.05, 4.69) is 0 Å². The van der Waals surface area contributed by atoms with Crippen LogP contribution in [0.15, 0.2) is 18.2 Å². The van der Waals surface area contributed by atoms with Crippen LogP contribution >= 0.6 is 0 Å². The number of ether oxygens (including phenoxy) is 1. The third-order valence-electron chi connectivity index (χ3n) is 1.86. The maximum Gasteiger partial charge on any atom is 0.273 e. The van der Waals surface area contributed by atoms with Crippen molar-refractivity contribution in [3.8, 4) is 5.75 Å². The first-order valence-corrected chi connectivity index (χ1v) is 4.06. The lowest BCUT2D eigenvalue weighted by Crippen LogP contribution is -2.10. The van der Waals surface area contributed by atoms with Gasteiger partial charge < -0.3 is 9.64 Å². The molecule has 1 aromatic rings. The molecule has 0 saturated carbocycles. The molecule has 5 nitrogen and oxygen atoms in total. The molecule has 0 fully saturated rings. The highest BCUT2D eigenvalue weighted by Crippen LogP contribution is 2.30. The fraction of sp³-hybridized carbons (Fsp3) is 0.333. The van der Waals surface area contributed by atoms with Crippen LogP contribution in [0.2, 0.25) is 0 Å². The normalized spacial score (nSPS) is 9.64. The minimum absolute atomic E-state index is 0.0347. The number of nitro benzene ring substituents is 1. The topological polar surface area (TPSA) is 55.6 Å². The van der Waals surface area contributed by atoms with E-state index in [1.54, 1.807) is 6.07 Å². The summed E-state index contributed by atoms with van der Waals surface area (Å²) in [6, 6.07) is 4.53. The molecule has 1 rings (SSSR count). The van der Waals surface area contributed by atoms with E-state index in [4.69, 9.17) is 4.74 Å². The fourth-order valence-electron chi connectivity index (χ4n) is 1.15. The van der Waals surface area contributed by atoms with E-state index < -0.39 is 4.92 Å².